The average molecular weight is 436 g/mol. The molecule has 8 nitrogen and oxygen atoms in total. The van der Waals surface area contributed by atoms with Gasteiger partial charge >= 0.3 is 0 Å². The maximum atomic E-state index is 12.6. The number of benzene rings is 1. The lowest BCUT2D eigenvalue weighted by molar-refractivity contribution is -0.118. The summed E-state index contributed by atoms with van der Waals surface area (Å²) < 4.78 is 25.5. The molecule has 9 heteroatoms. The third kappa shape index (κ3) is 5.51. The number of hydrogen-bond acceptors (Lipinski definition) is 4. The van der Waals surface area contributed by atoms with E-state index in [1.165, 1.54) is 5.56 Å². The van der Waals surface area contributed by atoms with Gasteiger partial charge in [-0.25, -0.2) is 12.7 Å². The van der Waals surface area contributed by atoms with E-state index < -0.39 is 10.0 Å². The summed E-state index contributed by atoms with van der Waals surface area (Å²) in [4.78, 5) is 18.7. The van der Waals surface area contributed by atoms with Crippen LogP contribution in [0.15, 0.2) is 29.3 Å². The molecule has 0 spiro atoms. The minimum absolute atomic E-state index is 0.149. The minimum atomic E-state index is -3.11. The lowest BCUT2D eigenvalue weighted by Gasteiger charge is -2.32. The fourth-order valence-corrected chi connectivity index (χ4v) is 5.16. The highest BCUT2D eigenvalue weighted by molar-refractivity contribution is 7.89. The van der Waals surface area contributed by atoms with E-state index in [2.05, 4.69) is 21.7 Å². The summed E-state index contributed by atoms with van der Waals surface area (Å²) in [5.41, 5.74) is 2.29. The smallest absolute Gasteiger partial charge is 0.227 e. The molecule has 1 fully saturated rings. The van der Waals surface area contributed by atoms with Gasteiger partial charge in [-0.15, -0.1) is 0 Å². The summed E-state index contributed by atoms with van der Waals surface area (Å²) >= 11 is 0. The first-order valence-electron chi connectivity index (χ1n) is 10.8. The van der Waals surface area contributed by atoms with E-state index in [-0.39, 0.29) is 17.7 Å². The van der Waals surface area contributed by atoms with Gasteiger partial charge in [-0.2, -0.15) is 0 Å². The Kier molecular flexibility index (Phi) is 7.71. The Labute approximate surface area is 179 Å². The van der Waals surface area contributed by atoms with Crippen molar-refractivity contribution in [3.8, 4) is 0 Å². The Morgan fingerprint density at radius 3 is 2.63 bits per heavy atom. The molecule has 2 heterocycles. The van der Waals surface area contributed by atoms with Crippen LogP contribution in [0.2, 0.25) is 0 Å². The second-order valence-electron chi connectivity index (χ2n) is 7.74. The van der Waals surface area contributed by atoms with Crippen LogP contribution in [0.1, 0.15) is 38.2 Å². The number of rotatable bonds is 7. The number of fused-ring (bicyclic) bond motifs is 1. The van der Waals surface area contributed by atoms with Crippen LogP contribution >= 0.6 is 0 Å². The Morgan fingerprint density at radius 1 is 1.20 bits per heavy atom. The van der Waals surface area contributed by atoms with E-state index in [0.717, 1.165) is 37.9 Å². The van der Waals surface area contributed by atoms with E-state index in [1.807, 2.05) is 23.1 Å². The number of amides is 1. The van der Waals surface area contributed by atoms with Crippen LogP contribution in [0, 0.1) is 0 Å². The van der Waals surface area contributed by atoms with Gasteiger partial charge in [-0.05, 0) is 44.2 Å². The maximum absolute atomic E-state index is 12.6. The molecule has 30 heavy (non-hydrogen) atoms. The number of anilines is 1. The van der Waals surface area contributed by atoms with Crippen molar-refractivity contribution >= 4 is 27.6 Å². The summed E-state index contributed by atoms with van der Waals surface area (Å²) in [6.07, 6.45) is 3.66. The van der Waals surface area contributed by atoms with Gasteiger partial charge in [-0.3, -0.25) is 9.79 Å². The van der Waals surface area contributed by atoms with Crippen molar-refractivity contribution < 1.29 is 13.2 Å². The van der Waals surface area contributed by atoms with Gasteiger partial charge in [-0.1, -0.05) is 18.2 Å². The molecule has 1 aromatic carbocycles. The zero-order valence-electron chi connectivity index (χ0n) is 17.9. The molecule has 0 atom stereocenters. The first kappa shape index (κ1) is 22.6. The molecule has 0 aliphatic carbocycles. The quantitative estimate of drug-likeness (QED) is 0.383. The molecule has 0 radical (unpaired) electrons. The number of carbonyl (C=O) groups excluding carboxylic acids is 1. The number of aliphatic imine (C=N–C) groups is 1. The van der Waals surface area contributed by atoms with Crippen LogP contribution in [-0.2, 0) is 21.2 Å². The number of piperidine rings is 1. The zero-order valence-corrected chi connectivity index (χ0v) is 18.7. The lowest BCUT2D eigenvalue weighted by Crippen LogP contribution is -2.50. The molecule has 3 rings (SSSR count). The molecule has 2 aliphatic rings. The lowest BCUT2D eigenvalue weighted by atomic mass is 10.1. The van der Waals surface area contributed by atoms with E-state index >= 15 is 0 Å². The van der Waals surface area contributed by atoms with Crippen LogP contribution in [0.4, 0.5) is 5.69 Å². The Hall–Kier alpha value is -2.13. The number of nitrogens with zero attached hydrogens (tertiary/aromatic N) is 3. The van der Waals surface area contributed by atoms with Crippen molar-refractivity contribution in [3.63, 3.8) is 0 Å². The molecule has 0 saturated carbocycles. The molecule has 0 aromatic heterocycles. The number of carbonyl (C=O) groups is 1. The summed E-state index contributed by atoms with van der Waals surface area (Å²) in [5.74, 6) is 1.01. The van der Waals surface area contributed by atoms with Gasteiger partial charge in [0.05, 0.1) is 5.75 Å². The first-order chi connectivity index (χ1) is 14.4. The van der Waals surface area contributed by atoms with Crippen molar-refractivity contribution in [2.24, 2.45) is 4.99 Å². The van der Waals surface area contributed by atoms with Crippen LogP contribution in [-0.4, -0.2) is 69.6 Å². The number of sulfonamides is 1. The molecule has 0 bridgehead atoms. The Bertz CT molecular complexity index is 863. The van der Waals surface area contributed by atoms with Crippen molar-refractivity contribution in [1.82, 2.24) is 14.9 Å². The second kappa shape index (κ2) is 10.3. The molecule has 1 aromatic rings. The predicted octanol–water partition coefficient (Wildman–Crippen LogP) is 1.34. The Morgan fingerprint density at radius 2 is 1.93 bits per heavy atom. The number of nitrogens with one attached hydrogen (secondary N) is 2. The van der Waals surface area contributed by atoms with Crippen molar-refractivity contribution in [2.45, 2.75) is 45.1 Å². The zero-order chi connectivity index (χ0) is 21.6. The van der Waals surface area contributed by atoms with E-state index in [1.54, 1.807) is 18.3 Å². The van der Waals surface area contributed by atoms with Crippen LogP contribution in [0.3, 0.4) is 0 Å². The standard InChI is InChI=1S/C21H33N5O3S/c1-3-30(28,29)25-14-11-18(12-15-25)24-21(22-2)23-13-6-9-20(27)26-16-10-17-7-4-5-8-19(17)26/h4-5,7-8,18H,3,6,9-16H2,1-2H3,(H2,22,23,24). The molecule has 0 unspecified atom stereocenters. The molecule has 2 aliphatic heterocycles. The van der Waals surface area contributed by atoms with E-state index in [4.69, 9.17) is 0 Å². The molecule has 1 amide bonds. The topological polar surface area (TPSA) is 94.1 Å². The number of hydrogen-bond donors (Lipinski definition) is 2. The van der Waals surface area contributed by atoms with Gasteiger partial charge in [0.2, 0.25) is 15.9 Å². The van der Waals surface area contributed by atoms with Gasteiger partial charge < -0.3 is 15.5 Å². The highest BCUT2D eigenvalue weighted by Gasteiger charge is 2.27. The van der Waals surface area contributed by atoms with Crippen LogP contribution in [0.5, 0.6) is 0 Å². The second-order valence-corrected chi connectivity index (χ2v) is 10.0. The number of guanidine groups is 1. The first-order valence-corrected chi connectivity index (χ1v) is 12.4. The summed E-state index contributed by atoms with van der Waals surface area (Å²) in [6.45, 7) is 4.18. The molecular weight excluding hydrogens is 402 g/mol. The summed E-state index contributed by atoms with van der Waals surface area (Å²) in [6, 6.07) is 8.29. The highest BCUT2D eigenvalue weighted by Crippen LogP contribution is 2.28. The third-order valence-electron chi connectivity index (χ3n) is 5.82. The molecule has 1 saturated heterocycles. The fraction of sp³-hybridized carbons (Fsp3) is 0.619. The highest BCUT2D eigenvalue weighted by atomic mass is 32.2. The van der Waals surface area contributed by atoms with E-state index in [9.17, 15) is 13.2 Å². The monoisotopic (exact) mass is 435 g/mol. The maximum Gasteiger partial charge on any atom is 0.227 e. The fourth-order valence-electron chi connectivity index (χ4n) is 4.03. The third-order valence-corrected chi connectivity index (χ3v) is 7.71. The molecular formula is C21H33N5O3S. The number of para-hydroxylation sites is 1. The summed E-state index contributed by atoms with van der Waals surface area (Å²) in [7, 11) is -1.39. The van der Waals surface area contributed by atoms with Crippen LogP contribution in [0.25, 0.3) is 0 Å². The SMILES string of the molecule is CCS(=O)(=O)N1CCC(NC(=NC)NCCCC(=O)N2CCc3ccccc32)CC1. The van der Waals surface area contributed by atoms with Crippen molar-refractivity contribution in [3.05, 3.63) is 29.8 Å². The van der Waals surface area contributed by atoms with E-state index in [0.29, 0.717) is 32.0 Å². The Balaban J connectivity index is 1.37. The van der Waals surface area contributed by atoms with Gasteiger partial charge in [0.25, 0.3) is 0 Å². The normalized spacial score (nSPS) is 18.3. The summed E-state index contributed by atoms with van der Waals surface area (Å²) in [5, 5.41) is 6.64. The van der Waals surface area contributed by atoms with Gasteiger partial charge in [0, 0.05) is 51.4 Å². The van der Waals surface area contributed by atoms with Gasteiger partial charge in [0.1, 0.15) is 0 Å². The van der Waals surface area contributed by atoms with Gasteiger partial charge in [0.15, 0.2) is 5.96 Å². The predicted molar refractivity (Wildman–Crippen MR) is 120 cm³/mol. The van der Waals surface area contributed by atoms with Crippen LogP contribution < -0.4 is 15.5 Å². The largest absolute Gasteiger partial charge is 0.356 e. The van der Waals surface area contributed by atoms with Crippen molar-refractivity contribution in [1.29, 1.82) is 0 Å². The molecule has 2 N–H and O–H groups in total. The van der Waals surface area contributed by atoms with Crippen molar-refractivity contribution in [2.75, 3.05) is 43.9 Å². The average Bonchev–Trinajstić information content (AvgIpc) is 3.20. The minimum Gasteiger partial charge on any atom is -0.356 e. The molecule has 166 valence electrons.